The van der Waals surface area contributed by atoms with Gasteiger partial charge in [-0.2, -0.15) is 0 Å². The number of nitrogens with one attached hydrogen (secondary N) is 1. The number of halogens is 2. The quantitative estimate of drug-likeness (QED) is 0.493. The van der Waals surface area contributed by atoms with Gasteiger partial charge in [0.25, 0.3) is 5.91 Å². The van der Waals surface area contributed by atoms with Crippen LogP contribution in [0.25, 0.3) is 0 Å². The normalized spacial score (nSPS) is 10.9. The Hall–Kier alpha value is -2.29. The van der Waals surface area contributed by atoms with Gasteiger partial charge in [0, 0.05) is 5.02 Å². The van der Waals surface area contributed by atoms with E-state index < -0.39 is 17.8 Å². The zero-order chi connectivity index (χ0) is 23.3. The molecule has 1 aromatic heterocycles. The Morgan fingerprint density at radius 3 is 2.23 bits per heavy atom. The number of hydrogen-bond donors (Lipinski definition) is 1. The van der Waals surface area contributed by atoms with Gasteiger partial charge in [-0.3, -0.25) is 4.79 Å². The van der Waals surface area contributed by atoms with Crippen LogP contribution >= 0.6 is 34.5 Å². The zero-order valence-corrected chi connectivity index (χ0v) is 20.0. The minimum atomic E-state index is -0.649. The van der Waals surface area contributed by atoms with Gasteiger partial charge in [-0.1, -0.05) is 23.2 Å². The Bertz CT molecular complexity index is 986. The van der Waals surface area contributed by atoms with Crippen molar-refractivity contribution in [1.29, 1.82) is 0 Å². The van der Waals surface area contributed by atoms with Crippen molar-refractivity contribution < 1.29 is 28.6 Å². The molecule has 1 N–H and O–H groups in total. The van der Waals surface area contributed by atoms with Crippen LogP contribution in [0, 0.1) is 6.92 Å². The summed E-state index contributed by atoms with van der Waals surface area (Å²) < 4.78 is 15.9. The average Bonchev–Trinajstić information content (AvgIpc) is 2.96. The number of anilines is 1. The van der Waals surface area contributed by atoms with Gasteiger partial charge >= 0.3 is 11.9 Å². The van der Waals surface area contributed by atoms with Gasteiger partial charge in [-0.25, -0.2) is 9.59 Å². The highest BCUT2D eigenvalue weighted by Crippen LogP contribution is 2.35. The molecule has 0 saturated carbocycles. The number of benzene rings is 1. The van der Waals surface area contributed by atoms with Crippen molar-refractivity contribution in [2.45, 2.75) is 46.8 Å². The van der Waals surface area contributed by atoms with E-state index in [2.05, 4.69) is 5.32 Å². The molecule has 2 aromatic rings. The van der Waals surface area contributed by atoms with E-state index in [-0.39, 0.29) is 45.0 Å². The first-order valence-electron chi connectivity index (χ1n) is 9.42. The molecule has 0 aliphatic heterocycles. The fourth-order valence-corrected chi connectivity index (χ4v) is 4.04. The van der Waals surface area contributed by atoms with E-state index in [1.54, 1.807) is 46.8 Å². The van der Waals surface area contributed by atoms with Crippen LogP contribution in [-0.4, -0.2) is 36.7 Å². The molecule has 1 heterocycles. The Morgan fingerprint density at radius 2 is 1.65 bits per heavy atom. The molecule has 0 atom stereocenters. The van der Waals surface area contributed by atoms with E-state index in [0.29, 0.717) is 10.6 Å². The molecular formula is C21H23Cl2NO6S. The number of hydrogen-bond acceptors (Lipinski definition) is 7. The first-order valence-corrected chi connectivity index (χ1v) is 11.0. The fraction of sp³-hybridized carbons (Fsp3) is 0.381. The molecule has 0 fully saturated rings. The van der Waals surface area contributed by atoms with Crippen LogP contribution in [0.1, 0.15) is 53.3 Å². The third-order valence-electron chi connectivity index (χ3n) is 3.73. The lowest BCUT2D eigenvalue weighted by atomic mass is 10.1. The summed E-state index contributed by atoms with van der Waals surface area (Å²) in [5.74, 6) is -1.50. The Kier molecular flexibility index (Phi) is 8.73. The second-order valence-electron chi connectivity index (χ2n) is 7.08. The molecule has 0 unspecified atom stereocenters. The molecule has 2 rings (SSSR count). The molecule has 0 spiro atoms. The smallest absolute Gasteiger partial charge is 0.348 e. The van der Waals surface area contributed by atoms with Crippen molar-refractivity contribution in [3.05, 3.63) is 44.2 Å². The minimum absolute atomic E-state index is 0.104. The lowest BCUT2D eigenvalue weighted by Gasteiger charge is -2.11. The Labute approximate surface area is 194 Å². The summed E-state index contributed by atoms with van der Waals surface area (Å²) in [4.78, 5) is 37.7. The number of ether oxygens (including phenoxy) is 3. The third kappa shape index (κ3) is 6.85. The average molecular weight is 488 g/mol. The van der Waals surface area contributed by atoms with Gasteiger partial charge in [0.15, 0.2) is 6.61 Å². The van der Waals surface area contributed by atoms with Crippen molar-refractivity contribution in [3.63, 3.8) is 0 Å². The second kappa shape index (κ2) is 10.8. The molecule has 0 aliphatic carbocycles. The number of carbonyl (C=O) groups is 3. The van der Waals surface area contributed by atoms with Crippen LogP contribution in [0.5, 0.6) is 5.75 Å². The van der Waals surface area contributed by atoms with E-state index in [0.717, 1.165) is 11.3 Å². The summed E-state index contributed by atoms with van der Waals surface area (Å²) in [6, 6.07) is 4.61. The molecular weight excluding hydrogens is 465 g/mol. The van der Waals surface area contributed by atoms with Gasteiger partial charge in [0.05, 0.1) is 22.8 Å². The van der Waals surface area contributed by atoms with Crippen LogP contribution in [0.3, 0.4) is 0 Å². The lowest BCUT2D eigenvalue weighted by molar-refractivity contribution is -0.118. The zero-order valence-electron chi connectivity index (χ0n) is 17.7. The molecule has 1 amide bonds. The third-order valence-corrected chi connectivity index (χ3v) is 5.45. The maximum Gasteiger partial charge on any atom is 0.348 e. The van der Waals surface area contributed by atoms with Crippen molar-refractivity contribution in [2.24, 2.45) is 0 Å². The Morgan fingerprint density at radius 1 is 1.03 bits per heavy atom. The highest BCUT2D eigenvalue weighted by Gasteiger charge is 2.28. The number of rotatable bonds is 8. The van der Waals surface area contributed by atoms with Gasteiger partial charge in [-0.05, 0) is 58.4 Å². The van der Waals surface area contributed by atoms with E-state index in [4.69, 9.17) is 37.4 Å². The highest BCUT2D eigenvalue weighted by molar-refractivity contribution is 7.18. The lowest BCUT2D eigenvalue weighted by Crippen LogP contribution is -2.21. The van der Waals surface area contributed by atoms with Crippen molar-refractivity contribution in [3.8, 4) is 5.75 Å². The van der Waals surface area contributed by atoms with Gasteiger partial charge in [0.2, 0.25) is 0 Å². The van der Waals surface area contributed by atoms with Crippen LogP contribution in [0.2, 0.25) is 10.0 Å². The summed E-state index contributed by atoms with van der Waals surface area (Å²) in [6.07, 6.45) is -0.715. The maximum absolute atomic E-state index is 12.6. The molecule has 0 aliphatic rings. The molecule has 10 heteroatoms. The monoisotopic (exact) mass is 487 g/mol. The first kappa shape index (κ1) is 25.0. The predicted octanol–water partition coefficient (Wildman–Crippen LogP) is 5.51. The second-order valence-corrected chi connectivity index (χ2v) is 8.94. The molecule has 7 nitrogen and oxygen atoms in total. The SMILES string of the molecule is Cc1c(C(=O)OC(C)C)sc(NC(=O)COc2ccc(Cl)cc2Cl)c1C(=O)OC(C)C. The number of thiophene rings is 1. The summed E-state index contributed by atoms with van der Waals surface area (Å²) >= 11 is 12.8. The number of carbonyl (C=O) groups excluding carboxylic acids is 3. The number of amides is 1. The maximum atomic E-state index is 12.6. The molecule has 1 aromatic carbocycles. The molecule has 0 saturated heterocycles. The molecule has 31 heavy (non-hydrogen) atoms. The van der Waals surface area contributed by atoms with Crippen molar-refractivity contribution in [2.75, 3.05) is 11.9 Å². The summed E-state index contributed by atoms with van der Waals surface area (Å²) in [7, 11) is 0. The summed E-state index contributed by atoms with van der Waals surface area (Å²) in [5.41, 5.74) is 0.477. The topological polar surface area (TPSA) is 90.9 Å². The standard InChI is InChI=1S/C21H23Cl2NO6S/c1-10(2)29-20(26)17-12(5)18(21(27)30-11(3)4)31-19(17)24-16(25)9-28-15-7-6-13(22)8-14(15)23/h6-8,10-11H,9H2,1-5H3,(H,24,25). The van der Waals surface area contributed by atoms with Crippen LogP contribution in [0.4, 0.5) is 5.00 Å². The fourth-order valence-electron chi connectivity index (χ4n) is 2.48. The van der Waals surface area contributed by atoms with Crippen LogP contribution < -0.4 is 10.1 Å². The van der Waals surface area contributed by atoms with Crippen LogP contribution in [0.15, 0.2) is 18.2 Å². The van der Waals surface area contributed by atoms with E-state index in [9.17, 15) is 14.4 Å². The van der Waals surface area contributed by atoms with E-state index in [1.165, 1.54) is 6.07 Å². The van der Waals surface area contributed by atoms with Crippen LogP contribution in [-0.2, 0) is 14.3 Å². The first-order chi connectivity index (χ1) is 14.5. The molecule has 168 valence electrons. The number of esters is 2. The summed E-state index contributed by atoms with van der Waals surface area (Å²) in [6.45, 7) is 8.07. The minimum Gasteiger partial charge on any atom is -0.482 e. The van der Waals surface area contributed by atoms with Crippen molar-refractivity contribution >= 4 is 57.4 Å². The Balaban J connectivity index is 2.24. The van der Waals surface area contributed by atoms with Gasteiger partial charge in [-0.15, -0.1) is 11.3 Å². The largest absolute Gasteiger partial charge is 0.482 e. The predicted molar refractivity (Wildman–Crippen MR) is 121 cm³/mol. The molecule has 0 radical (unpaired) electrons. The summed E-state index contributed by atoms with van der Waals surface area (Å²) in [5, 5.41) is 3.48. The van der Waals surface area contributed by atoms with E-state index in [1.807, 2.05) is 0 Å². The van der Waals surface area contributed by atoms with Gasteiger partial charge < -0.3 is 19.5 Å². The van der Waals surface area contributed by atoms with E-state index >= 15 is 0 Å². The highest BCUT2D eigenvalue weighted by atomic mass is 35.5. The van der Waals surface area contributed by atoms with Crippen molar-refractivity contribution in [1.82, 2.24) is 0 Å². The molecule has 0 bridgehead atoms. The van der Waals surface area contributed by atoms with Gasteiger partial charge in [0.1, 0.15) is 15.6 Å².